The Bertz CT molecular complexity index is 650. The van der Waals surface area contributed by atoms with Gasteiger partial charge in [0, 0.05) is 6.61 Å². The van der Waals surface area contributed by atoms with E-state index in [4.69, 9.17) is 24.5 Å². The smallest absolute Gasteiger partial charge is 0.414 e. The maximum absolute atomic E-state index is 9.10. The van der Waals surface area contributed by atoms with Crippen LogP contribution in [0.15, 0.2) is 30.3 Å². The topological polar surface area (TPSA) is 99.1 Å². The Hall–Kier alpha value is -1.96. The Balaban J connectivity index is 0.000000751. The summed E-state index contributed by atoms with van der Waals surface area (Å²) in [6.45, 7) is 15.6. The van der Waals surface area contributed by atoms with E-state index in [0.717, 1.165) is 45.1 Å². The van der Waals surface area contributed by atoms with Crippen LogP contribution in [0.4, 0.5) is 0 Å². The van der Waals surface area contributed by atoms with Crippen LogP contribution in [0.5, 0.6) is 0 Å². The van der Waals surface area contributed by atoms with Crippen molar-refractivity contribution in [3.8, 4) is 0 Å². The van der Waals surface area contributed by atoms with E-state index in [1.165, 1.54) is 31.4 Å². The summed E-state index contributed by atoms with van der Waals surface area (Å²) in [4.78, 5) is 20.7. The van der Waals surface area contributed by atoms with E-state index in [-0.39, 0.29) is 5.60 Å². The Morgan fingerprint density at radius 2 is 1.75 bits per heavy atom. The minimum Gasteiger partial charge on any atom is -0.473 e. The standard InChI is InChI=1S/C23H40N2O.C2H2O4/c1-5-25(6-2)17-10-15-24-16-13-22(20-11-8-7-9-12-20)21-14-18-26-23(3,4)19-21;3-1(4)2(5)6/h7-9,11-12,21-22,24H,5-6,10,13-19H2,1-4H3;(H,3,4)(H,5,6). The maximum atomic E-state index is 9.10. The van der Waals surface area contributed by atoms with E-state index in [2.05, 4.69) is 68.2 Å². The highest BCUT2D eigenvalue weighted by atomic mass is 16.5. The number of hydrogen-bond acceptors (Lipinski definition) is 5. The van der Waals surface area contributed by atoms with E-state index in [9.17, 15) is 0 Å². The predicted octanol–water partition coefficient (Wildman–Crippen LogP) is 3.84. The molecule has 1 heterocycles. The average molecular weight is 451 g/mol. The van der Waals surface area contributed by atoms with Crippen molar-refractivity contribution < 1.29 is 24.5 Å². The SMILES string of the molecule is CCN(CC)CCCNCCC(c1ccccc1)C1CCOC(C)(C)C1.O=C(O)C(=O)O. The third-order valence-electron chi connectivity index (χ3n) is 6.07. The van der Waals surface area contributed by atoms with Gasteiger partial charge >= 0.3 is 11.9 Å². The summed E-state index contributed by atoms with van der Waals surface area (Å²) in [5, 5.41) is 18.5. The lowest BCUT2D eigenvalue weighted by Crippen LogP contribution is -2.37. The first-order valence-electron chi connectivity index (χ1n) is 11.8. The molecule has 7 heteroatoms. The lowest BCUT2D eigenvalue weighted by atomic mass is 9.75. The van der Waals surface area contributed by atoms with E-state index in [1.54, 1.807) is 0 Å². The zero-order valence-corrected chi connectivity index (χ0v) is 20.2. The minimum absolute atomic E-state index is 0.0210. The number of carboxylic acids is 2. The normalized spacial score (nSPS) is 18.5. The molecule has 1 aromatic carbocycles. The summed E-state index contributed by atoms with van der Waals surface area (Å²) < 4.78 is 5.96. The third-order valence-corrected chi connectivity index (χ3v) is 6.07. The van der Waals surface area contributed by atoms with Crippen LogP contribution in [0.2, 0.25) is 0 Å². The molecule has 3 N–H and O–H groups in total. The maximum Gasteiger partial charge on any atom is 0.414 e. The van der Waals surface area contributed by atoms with Crippen LogP contribution in [0, 0.1) is 5.92 Å². The second-order valence-electron chi connectivity index (χ2n) is 8.91. The molecule has 1 saturated heterocycles. The molecule has 0 radical (unpaired) electrons. The number of nitrogens with zero attached hydrogens (tertiary/aromatic N) is 1. The van der Waals surface area contributed by atoms with Crippen LogP contribution in [-0.2, 0) is 14.3 Å². The quantitative estimate of drug-likeness (QED) is 0.348. The van der Waals surface area contributed by atoms with Gasteiger partial charge in [0.2, 0.25) is 0 Å². The molecule has 0 saturated carbocycles. The number of rotatable bonds is 11. The van der Waals surface area contributed by atoms with Crippen molar-refractivity contribution in [3.05, 3.63) is 35.9 Å². The number of benzene rings is 1. The molecule has 0 aromatic heterocycles. The highest BCUT2D eigenvalue weighted by Gasteiger charge is 2.33. The molecule has 32 heavy (non-hydrogen) atoms. The first-order chi connectivity index (χ1) is 15.2. The lowest BCUT2D eigenvalue weighted by Gasteiger charge is -2.39. The molecule has 0 spiro atoms. The molecule has 182 valence electrons. The van der Waals surface area contributed by atoms with Crippen molar-refractivity contribution in [3.63, 3.8) is 0 Å². The van der Waals surface area contributed by atoms with Crippen molar-refractivity contribution in [2.75, 3.05) is 39.3 Å². The van der Waals surface area contributed by atoms with Gasteiger partial charge in [-0.15, -0.1) is 0 Å². The Kier molecular flexibility index (Phi) is 13.1. The molecule has 1 fully saturated rings. The fourth-order valence-electron chi connectivity index (χ4n) is 4.35. The number of ether oxygens (including phenoxy) is 1. The van der Waals surface area contributed by atoms with Gasteiger partial charge in [-0.05, 0) is 89.7 Å². The molecule has 0 bridgehead atoms. The Morgan fingerprint density at radius 3 is 2.28 bits per heavy atom. The molecular weight excluding hydrogens is 408 g/mol. The van der Waals surface area contributed by atoms with Gasteiger partial charge in [-0.1, -0.05) is 44.2 Å². The van der Waals surface area contributed by atoms with Crippen molar-refractivity contribution >= 4 is 11.9 Å². The van der Waals surface area contributed by atoms with Gasteiger partial charge in [0.25, 0.3) is 0 Å². The third kappa shape index (κ3) is 11.1. The van der Waals surface area contributed by atoms with Gasteiger partial charge in [0.1, 0.15) is 0 Å². The van der Waals surface area contributed by atoms with Crippen molar-refractivity contribution in [1.82, 2.24) is 10.2 Å². The molecule has 0 aliphatic carbocycles. The van der Waals surface area contributed by atoms with E-state index in [0.29, 0.717) is 5.92 Å². The van der Waals surface area contributed by atoms with Crippen molar-refractivity contribution in [2.24, 2.45) is 5.92 Å². The molecule has 2 rings (SSSR count). The van der Waals surface area contributed by atoms with Crippen LogP contribution in [-0.4, -0.2) is 72.0 Å². The minimum atomic E-state index is -1.82. The zero-order chi connectivity index (χ0) is 24.0. The number of aliphatic carboxylic acids is 2. The molecular formula is C25H42N2O5. The molecule has 0 amide bonds. The number of carboxylic acid groups (broad SMARTS) is 2. The number of nitrogens with one attached hydrogen (secondary N) is 1. The van der Waals surface area contributed by atoms with Crippen LogP contribution >= 0.6 is 0 Å². The van der Waals surface area contributed by atoms with E-state index >= 15 is 0 Å². The van der Waals surface area contributed by atoms with Gasteiger partial charge in [0.15, 0.2) is 0 Å². The Labute approximate surface area is 193 Å². The first kappa shape index (κ1) is 28.1. The summed E-state index contributed by atoms with van der Waals surface area (Å²) in [5.74, 6) is -2.29. The van der Waals surface area contributed by atoms with Crippen LogP contribution < -0.4 is 5.32 Å². The van der Waals surface area contributed by atoms with E-state index < -0.39 is 11.9 Å². The molecule has 2 atom stereocenters. The summed E-state index contributed by atoms with van der Waals surface area (Å²) >= 11 is 0. The monoisotopic (exact) mass is 450 g/mol. The van der Waals surface area contributed by atoms with Gasteiger partial charge in [-0.2, -0.15) is 0 Å². The van der Waals surface area contributed by atoms with Crippen molar-refractivity contribution in [1.29, 1.82) is 0 Å². The molecule has 7 nitrogen and oxygen atoms in total. The largest absolute Gasteiger partial charge is 0.473 e. The second-order valence-corrected chi connectivity index (χ2v) is 8.91. The summed E-state index contributed by atoms with van der Waals surface area (Å²) in [6.07, 6.45) is 4.80. The fourth-order valence-corrected chi connectivity index (χ4v) is 4.35. The summed E-state index contributed by atoms with van der Waals surface area (Å²) in [5.41, 5.74) is 1.52. The van der Waals surface area contributed by atoms with Crippen molar-refractivity contribution in [2.45, 2.75) is 64.9 Å². The summed E-state index contributed by atoms with van der Waals surface area (Å²) in [7, 11) is 0. The molecule has 2 unspecified atom stereocenters. The summed E-state index contributed by atoms with van der Waals surface area (Å²) in [6, 6.07) is 11.1. The fraction of sp³-hybridized carbons (Fsp3) is 0.680. The zero-order valence-electron chi connectivity index (χ0n) is 20.2. The van der Waals surface area contributed by atoms with Gasteiger partial charge < -0.3 is 25.2 Å². The first-order valence-corrected chi connectivity index (χ1v) is 11.8. The van der Waals surface area contributed by atoms with Gasteiger partial charge in [0.05, 0.1) is 5.60 Å². The molecule has 1 aliphatic heterocycles. The molecule has 1 aromatic rings. The van der Waals surface area contributed by atoms with Crippen LogP contribution in [0.1, 0.15) is 64.9 Å². The predicted molar refractivity (Wildman–Crippen MR) is 127 cm³/mol. The van der Waals surface area contributed by atoms with E-state index in [1.807, 2.05) is 0 Å². The second kappa shape index (κ2) is 15.0. The highest BCUT2D eigenvalue weighted by molar-refractivity contribution is 6.27. The van der Waals surface area contributed by atoms with Crippen LogP contribution in [0.25, 0.3) is 0 Å². The molecule has 1 aliphatic rings. The Morgan fingerprint density at radius 1 is 1.12 bits per heavy atom. The number of carbonyl (C=O) groups is 2. The lowest BCUT2D eigenvalue weighted by molar-refractivity contribution is -0.159. The average Bonchev–Trinajstić information content (AvgIpc) is 2.76. The van der Waals surface area contributed by atoms with Gasteiger partial charge in [-0.3, -0.25) is 0 Å². The number of hydrogen-bond donors (Lipinski definition) is 3. The van der Waals surface area contributed by atoms with Gasteiger partial charge in [-0.25, -0.2) is 9.59 Å². The highest BCUT2D eigenvalue weighted by Crippen LogP contribution is 2.39. The van der Waals surface area contributed by atoms with Crippen LogP contribution in [0.3, 0.4) is 0 Å².